The first-order chi connectivity index (χ1) is 7.34. The maximum Gasteiger partial charge on any atom is 0.333 e. The van der Waals surface area contributed by atoms with Gasteiger partial charge in [0.2, 0.25) is 0 Å². The molecule has 0 spiro atoms. The van der Waals surface area contributed by atoms with E-state index in [0.29, 0.717) is 17.6 Å². The minimum Gasteiger partial charge on any atom is -0.462 e. The third-order valence-corrected chi connectivity index (χ3v) is 1.76. The molecule has 1 atom stereocenters. The summed E-state index contributed by atoms with van der Waals surface area (Å²) in [6.07, 6.45) is 0.153. The zero-order valence-electron chi connectivity index (χ0n) is 10.0. The van der Waals surface area contributed by atoms with Crippen LogP contribution in [0.2, 0.25) is 0 Å². The van der Waals surface area contributed by atoms with E-state index in [1.54, 1.807) is 20.8 Å². The third kappa shape index (κ3) is 6.01. The molecule has 0 aliphatic heterocycles. The van der Waals surface area contributed by atoms with Crippen molar-refractivity contribution in [3.05, 3.63) is 24.3 Å². The van der Waals surface area contributed by atoms with E-state index < -0.39 is 11.9 Å². The third-order valence-electron chi connectivity index (χ3n) is 1.76. The van der Waals surface area contributed by atoms with Crippen molar-refractivity contribution in [3.8, 4) is 0 Å². The monoisotopic (exact) mass is 226 g/mol. The molecule has 0 aromatic rings. The molecule has 0 aromatic carbocycles. The molecular weight excluding hydrogens is 208 g/mol. The maximum atomic E-state index is 11.1. The van der Waals surface area contributed by atoms with Gasteiger partial charge in [-0.15, -0.1) is 0 Å². The highest BCUT2D eigenvalue weighted by molar-refractivity contribution is 5.87. The van der Waals surface area contributed by atoms with Crippen molar-refractivity contribution >= 4 is 11.9 Å². The van der Waals surface area contributed by atoms with Crippen LogP contribution in [0.25, 0.3) is 0 Å². The van der Waals surface area contributed by atoms with Gasteiger partial charge in [-0.1, -0.05) is 13.2 Å². The molecule has 0 bridgehead atoms. The van der Waals surface area contributed by atoms with E-state index in [2.05, 4.69) is 13.2 Å². The Labute approximate surface area is 95.9 Å². The van der Waals surface area contributed by atoms with E-state index in [-0.39, 0.29) is 12.7 Å². The standard InChI is InChI=1S/C12H18O4/c1-8(2)11(13)15-7-6-10(5)16-12(14)9(3)4/h10H,1,3,6-7H2,2,4-5H3. The van der Waals surface area contributed by atoms with Gasteiger partial charge in [0.25, 0.3) is 0 Å². The second-order valence-electron chi connectivity index (χ2n) is 3.70. The molecule has 0 radical (unpaired) electrons. The van der Waals surface area contributed by atoms with Crippen molar-refractivity contribution in [2.75, 3.05) is 6.61 Å². The number of ether oxygens (including phenoxy) is 2. The smallest absolute Gasteiger partial charge is 0.333 e. The highest BCUT2D eigenvalue weighted by atomic mass is 16.6. The summed E-state index contributed by atoms with van der Waals surface area (Å²) in [7, 11) is 0. The Bertz CT molecular complexity index is 304. The van der Waals surface area contributed by atoms with Gasteiger partial charge in [-0.2, -0.15) is 0 Å². The van der Waals surface area contributed by atoms with Crippen LogP contribution in [0.5, 0.6) is 0 Å². The average Bonchev–Trinajstić information content (AvgIpc) is 2.16. The lowest BCUT2D eigenvalue weighted by molar-refractivity contribution is -0.145. The lowest BCUT2D eigenvalue weighted by atomic mass is 10.3. The van der Waals surface area contributed by atoms with Crippen LogP contribution in [-0.4, -0.2) is 24.6 Å². The van der Waals surface area contributed by atoms with Crippen LogP contribution in [0.1, 0.15) is 27.2 Å². The molecule has 0 aliphatic rings. The molecular formula is C12H18O4. The summed E-state index contributed by atoms with van der Waals surface area (Å²) >= 11 is 0. The number of hydrogen-bond donors (Lipinski definition) is 0. The Balaban J connectivity index is 3.78. The van der Waals surface area contributed by atoms with Crippen molar-refractivity contribution < 1.29 is 19.1 Å². The number of rotatable bonds is 6. The van der Waals surface area contributed by atoms with Crippen LogP contribution in [-0.2, 0) is 19.1 Å². The van der Waals surface area contributed by atoms with E-state index >= 15 is 0 Å². The number of carbonyl (C=O) groups is 2. The molecule has 0 heterocycles. The van der Waals surface area contributed by atoms with Crippen molar-refractivity contribution in [1.29, 1.82) is 0 Å². The predicted octanol–water partition coefficient (Wildman–Crippen LogP) is 2.00. The van der Waals surface area contributed by atoms with Crippen LogP contribution in [0.4, 0.5) is 0 Å². The number of carbonyl (C=O) groups excluding carboxylic acids is 2. The van der Waals surface area contributed by atoms with Crippen molar-refractivity contribution in [2.24, 2.45) is 0 Å². The summed E-state index contributed by atoms with van der Waals surface area (Å²) < 4.78 is 9.87. The summed E-state index contributed by atoms with van der Waals surface area (Å²) in [6, 6.07) is 0. The Kier molecular flexibility index (Phi) is 6.15. The molecule has 4 heteroatoms. The Hall–Kier alpha value is -1.58. The van der Waals surface area contributed by atoms with Gasteiger partial charge in [-0.3, -0.25) is 0 Å². The Morgan fingerprint density at radius 1 is 1.12 bits per heavy atom. The van der Waals surface area contributed by atoms with Crippen LogP contribution >= 0.6 is 0 Å². The van der Waals surface area contributed by atoms with Gasteiger partial charge in [-0.25, -0.2) is 9.59 Å². The van der Waals surface area contributed by atoms with E-state index in [0.717, 1.165) is 0 Å². The summed E-state index contributed by atoms with van der Waals surface area (Å²) in [5, 5.41) is 0. The average molecular weight is 226 g/mol. The van der Waals surface area contributed by atoms with Crippen molar-refractivity contribution in [2.45, 2.75) is 33.3 Å². The zero-order valence-corrected chi connectivity index (χ0v) is 10.0. The fraction of sp³-hybridized carbons (Fsp3) is 0.500. The number of esters is 2. The molecule has 0 rings (SSSR count). The van der Waals surface area contributed by atoms with Crippen molar-refractivity contribution in [3.63, 3.8) is 0 Å². The molecule has 0 aromatic heterocycles. The largest absolute Gasteiger partial charge is 0.462 e. The van der Waals surface area contributed by atoms with Gasteiger partial charge < -0.3 is 9.47 Å². The van der Waals surface area contributed by atoms with Gasteiger partial charge in [0.1, 0.15) is 6.10 Å². The molecule has 0 saturated heterocycles. The summed E-state index contributed by atoms with van der Waals surface area (Å²) in [5.41, 5.74) is 0.706. The normalized spacial score (nSPS) is 11.4. The van der Waals surface area contributed by atoms with E-state index in [9.17, 15) is 9.59 Å². The molecule has 16 heavy (non-hydrogen) atoms. The van der Waals surface area contributed by atoms with Gasteiger partial charge in [0.05, 0.1) is 6.61 Å². The summed E-state index contributed by atoms with van der Waals surface area (Å²) in [4.78, 5) is 22.1. The highest BCUT2D eigenvalue weighted by Gasteiger charge is 2.11. The fourth-order valence-electron chi connectivity index (χ4n) is 0.783. The van der Waals surface area contributed by atoms with Crippen LogP contribution in [0, 0.1) is 0 Å². The second kappa shape index (κ2) is 6.82. The highest BCUT2D eigenvalue weighted by Crippen LogP contribution is 2.03. The molecule has 4 nitrogen and oxygen atoms in total. The quantitative estimate of drug-likeness (QED) is 0.513. The SMILES string of the molecule is C=C(C)C(=O)OCCC(C)OC(=O)C(=C)C. The minimum atomic E-state index is -0.432. The first-order valence-electron chi connectivity index (χ1n) is 5.03. The lowest BCUT2D eigenvalue weighted by Crippen LogP contribution is -2.18. The first kappa shape index (κ1) is 14.4. The first-order valence-corrected chi connectivity index (χ1v) is 5.03. The maximum absolute atomic E-state index is 11.1. The van der Waals surface area contributed by atoms with Crippen LogP contribution in [0.3, 0.4) is 0 Å². The van der Waals surface area contributed by atoms with E-state index in [1.807, 2.05) is 0 Å². The molecule has 90 valence electrons. The van der Waals surface area contributed by atoms with E-state index in [4.69, 9.17) is 9.47 Å². The molecule has 0 aliphatic carbocycles. The second-order valence-corrected chi connectivity index (χ2v) is 3.70. The predicted molar refractivity (Wildman–Crippen MR) is 60.8 cm³/mol. The van der Waals surface area contributed by atoms with E-state index in [1.165, 1.54) is 0 Å². The van der Waals surface area contributed by atoms with Gasteiger partial charge in [0, 0.05) is 17.6 Å². The van der Waals surface area contributed by atoms with Gasteiger partial charge in [0.15, 0.2) is 0 Å². The molecule has 0 N–H and O–H groups in total. The van der Waals surface area contributed by atoms with Crippen LogP contribution < -0.4 is 0 Å². The zero-order chi connectivity index (χ0) is 12.7. The topological polar surface area (TPSA) is 52.6 Å². The summed E-state index contributed by atoms with van der Waals surface area (Å²) in [6.45, 7) is 12.0. The molecule has 0 amide bonds. The fourth-order valence-corrected chi connectivity index (χ4v) is 0.783. The minimum absolute atomic E-state index is 0.205. The van der Waals surface area contributed by atoms with Gasteiger partial charge in [-0.05, 0) is 20.8 Å². The molecule has 0 fully saturated rings. The lowest BCUT2D eigenvalue weighted by Gasteiger charge is -2.13. The number of hydrogen-bond acceptors (Lipinski definition) is 4. The Morgan fingerprint density at radius 2 is 1.62 bits per heavy atom. The van der Waals surface area contributed by atoms with Gasteiger partial charge >= 0.3 is 11.9 Å². The van der Waals surface area contributed by atoms with Crippen molar-refractivity contribution in [1.82, 2.24) is 0 Å². The summed E-state index contributed by atoms with van der Waals surface area (Å²) in [5.74, 6) is -0.864. The molecule has 1 unspecified atom stereocenters. The Morgan fingerprint density at radius 3 is 2.06 bits per heavy atom. The molecule has 0 saturated carbocycles. The van der Waals surface area contributed by atoms with Crippen LogP contribution in [0.15, 0.2) is 24.3 Å².